The topological polar surface area (TPSA) is 92.5 Å². The van der Waals surface area contributed by atoms with Gasteiger partial charge in [0.05, 0.1) is 22.0 Å². The third-order valence-corrected chi connectivity index (χ3v) is 6.69. The zero-order chi connectivity index (χ0) is 20.9. The minimum atomic E-state index is -4.37. The van der Waals surface area contributed by atoms with Gasteiger partial charge < -0.3 is 16.0 Å². The number of benzene rings is 1. The fraction of sp³-hybridized carbons (Fsp3) is 0.611. The fourth-order valence-corrected chi connectivity index (χ4v) is 4.52. The number of piperidine rings is 1. The number of carbonyl (C=O) groups excluding carboxylic acids is 1. The maximum atomic E-state index is 12.2. The molecule has 0 spiro atoms. The Hall–Kier alpha value is -1.97. The van der Waals surface area contributed by atoms with Gasteiger partial charge in [0.1, 0.15) is 0 Å². The van der Waals surface area contributed by atoms with Crippen LogP contribution in [-0.2, 0) is 14.6 Å². The molecule has 0 unspecified atom stereocenters. The highest BCUT2D eigenvalue weighted by Crippen LogP contribution is 2.27. The SMILES string of the molecule is CC(=O)N1CCC(CNc2ccc(S(=O)(=O)CCCC(F)(F)F)cc2N)CC1. The van der Waals surface area contributed by atoms with Gasteiger partial charge in [-0.2, -0.15) is 13.2 Å². The first-order chi connectivity index (χ1) is 13.0. The monoisotopic (exact) mass is 421 g/mol. The number of hydrogen-bond donors (Lipinski definition) is 2. The van der Waals surface area contributed by atoms with Crippen molar-refractivity contribution in [2.24, 2.45) is 5.92 Å². The van der Waals surface area contributed by atoms with Crippen molar-refractivity contribution in [3.8, 4) is 0 Å². The molecule has 1 fully saturated rings. The molecule has 1 amide bonds. The van der Waals surface area contributed by atoms with E-state index in [9.17, 15) is 26.4 Å². The quantitative estimate of drug-likeness (QED) is 0.660. The lowest BCUT2D eigenvalue weighted by molar-refractivity contribution is -0.134. The Morgan fingerprint density at radius 1 is 1.29 bits per heavy atom. The summed E-state index contributed by atoms with van der Waals surface area (Å²) in [6, 6.07) is 4.18. The van der Waals surface area contributed by atoms with Crippen molar-refractivity contribution in [2.75, 3.05) is 36.4 Å². The summed E-state index contributed by atoms with van der Waals surface area (Å²) in [5.41, 5.74) is 6.75. The molecule has 6 nitrogen and oxygen atoms in total. The summed E-state index contributed by atoms with van der Waals surface area (Å²) in [6.45, 7) is 3.63. The van der Waals surface area contributed by atoms with Gasteiger partial charge in [0, 0.05) is 33.0 Å². The number of rotatable bonds is 7. The lowest BCUT2D eigenvalue weighted by Crippen LogP contribution is -2.38. The molecule has 1 aromatic carbocycles. The molecule has 1 aliphatic heterocycles. The Bertz CT molecular complexity index is 789. The molecule has 0 aliphatic carbocycles. The molecule has 0 bridgehead atoms. The van der Waals surface area contributed by atoms with Gasteiger partial charge >= 0.3 is 6.18 Å². The Morgan fingerprint density at radius 2 is 1.93 bits per heavy atom. The van der Waals surface area contributed by atoms with Crippen LogP contribution in [0.1, 0.15) is 32.6 Å². The molecule has 0 aromatic heterocycles. The zero-order valence-corrected chi connectivity index (χ0v) is 16.6. The number of nitrogens with two attached hydrogens (primary N) is 1. The van der Waals surface area contributed by atoms with Crippen LogP contribution in [-0.4, -0.2) is 50.8 Å². The van der Waals surface area contributed by atoms with E-state index in [1.165, 1.54) is 18.2 Å². The van der Waals surface area contributed by atoms with Crippen LogP contribution in [0.4, 0.5) is 24.5 Å². The standard InChI is InChI=1S/C18H26F3N3O3S/c1-13(25)24-8-5-14(6-9-24)12-23-17-4-3-15(11-16(17)22)28(26,27)10-2-7-18(19,20)21/h3-4,11,14,23H,2,5-10,12,22H2,1H3. The lowest BCUT2D eigenvalue weighted by atomic mass is 9.96. The van der Waals surface area contributed by atoms with Crippen LogP contribution < -0.4 is 11.1 Å². The van der Waals surface area contributed by atoms with Crippen LogP contribution >= 0.6 is 0 Å². The first kappa shape index (κ1) is 22.3. The first-order valence-electron chi connectivity index (χ1n) is 9.16. The van der Waals surface area contributed by atoms with E-state index in [-0.39, 0.29) is 16.5 Å². The van der Waals surface area contributed by atoms with Crippen molar-refractivity contribution < 1.29 is 26.4 Å². The maximum Gasteiger partial charge on any atom is 0.389 e. The molecule has 2 rings (SSSR count). The van der Waals surface area contributed by atoms with Crippen molar-refractivity contribution in [3.63, 3.8) is 0 Å². The number of nitrogen functional groups attached to an aromatic ring is 1. The number of carbonyl (C=O) groups is 1. The van der Waals surface area contributed by atoms with Gasteiger partial charge in [-0.3, -0.25) is 4.79 Å². The van der Waals surface area contributed by atoms with Gasteiger partial charge in [-0.15, -0.1) is 0 Å². The van der Waals surface area contributed by atoms with Crippen LogP contribution in [0.25, 0.3) is 0 Å². The molecule has 1 saturated heterocycles. The predicted octanol–water partition coefficient (Wildman–Crippen LogP) is 3.06. The molecule has 3 N–H and O–H groups in total. The summed E-state index contributed by atoms with van der Waals surface area (Å²) in [4.78, 5) is 13.1. The molecule has 1 aromatic rings. The molecule has 28 heavy (non-hydrogen) atoms. The second-order valence-electron chi connectivity index (χ2n) is 7.12. The van der Waals surface area contributed by atoms with Crippen LogP contribution in [0.15, 0.2) is 23.1 Å². The van der Waals surface area contributed by atoms with Gasteiger partial charge in [0.2, 0.25) is 5.91 Å². The summed E-state index contributed by atoms with van der Waals surface area (Å²) in [5.74, 6) is -0.128. The van der Waals surface area contributed by atoms with Gasteiger partial charge in [-0.1, -0.05) is 0 Å². The number of halogens is 3. The largest absolute Gasteiger partial charge is 0.397 e. The molecule has 1 heterocycles. The number of nitrogens with zero attached hydrogens (tertiary/aromatic N) is 1. The smallest absolute Gasteiger partial charge is 0.389 e. The first-order valence-corrected chi connectivity index (χ1v) is 10.8. The molecular weight excluding hydrogens is 395 g/mol. The van der Waals surface area contributed by atoms with E-state index >= 15 is 0 Å². The molecule has 158 valence electrons. The number of alkyl halides is 3. The summed E-state index contributed by atoms with van der Waals surface area (Å²) in [6.07, 6.45) is -4.24. The van der Waals surface area contributed by atoms with E-state index in [2.05, 4.69) is 5.32 Å². The highest BCUT2D eigenvalue weighted by atomic mass is 32.2. The van der Waals surface area contributed by atoms with Crippen molar-refractivity contribution >= 4 is 27.1 Å². The van der Waals surface area contributed by atoms with E-state index in [1.54, 1.807) is 6.92 Å². The average Bonchev–Trinajstić information content (AvgIpc) is 2.59. The second kappa shape index (κ2) is 9.02. The Morgan fingerprint density at radius 3 is 2.46 bits per heavy atom. The predicted molar refractivity (Wildman–Crippen MR) is 102 cm³/mol. The summed E-state index contributed by atoms with van der Waals surface area (Å²) < 4.78 is 61.0. The van der Waals surface area contributed by atoms with Gasteiger partial charge in [-0.05, 0) is 43.4 Å². The molecule has 1 aliphatic rings. The summed E-state index contributed by atoms with van der Waals surface area (Å²) in [7, 11) is -3.82. The summed E-state index contributed by atoms with van der Waals surface area (Å²) in [5, 5.41) is 3.20. The zero-order valence-electron chi connectivity index (χ0n) is 15.8. The van der Waals surface area contributed by atoms with Crippen molar-refractivity contribution in [3.05, 3.63) is 18.2 Å². The number of sulfone groups is 1. The number of amides is 1. The third kappa shape index (κ3) is 6.57. The normalized spacial score (nSPS) is 16.2. The van der Waals surface area contributed by atoms with Gasteiger partial charge in [-0.25, -0.2) is 8.42 Å². The van der Waals surface area contributed by atoms with Crippen molar-refractivity contribution in [2.45, 2.75) is 43.7 Å². The van der Waals surface area contributed by atoms with Crippen molar-refractivity contribution in [1.29, 1.82) is 0 Å². The van der Waals surface area contributed by atoms with Gasteiger partial charge in [0.25, 0.3) is 0 Å². The maximum absolute atomic E-state index is 12.2. The van der Waals surface area contributed by atoms with Crippen LogP contribution in [0.2, 0.25) is 0 Å². The molecule has 0 atom stereocenters. The number of likely N-dealkylation sites (tertiary alicyclic amines) is 1. The van der Waals surface area contributed by atoms with E-state index in [0.29, 0.717) is 31.2 Å². The van der Waals surface area contributed by atoms with E-state index in [0.717, 1.165) is 12.8 Å². The van der Waals surface area contributed by atoms with E-state index in [1.807, 2.05) is 4.90 Å². The lowest BCUT2D eigenvalue weighted by Gasteiger charge is -2.31. The van der Waals surface area contributed by atoms with Gasteiger partial charge in [0.15, 0.2) is 9.84 Å². The average molecular weight is 421 g/mol. The van der Waals surface area contributed by atoms with Crippen LogP contribution in [0.3, 0.4) is 0 Å². The number of nitrogens with one attached hydrogen (secondary N) is 1. The Balaban J connectivity index is 1.90. The highest BCUT2D eigenvalue weighted by molar-refractivity contribution is 7.91. The van der Waals surface area contributed by atoms with E-state index < -0.39 is 34.6 Å². The minimum absolute atomic E-state index is 0.0719. The minimum Gasteiger partial charge on any atom is -0.397 e. The Kier molecular flexibility index (Phi) is 7.19. The van der Waals surface area contributed by atoms with Crippen LogP contribution in [0, 0.1) is 5.92 Å². The molecule has 0 radical (unpaired) electrons. The number of anilines is 2. The summed E-state index contributed by atoms with van der Waals surface area (Å²) >= 11 is 0. The number of hydrogen-bond acceptors (Lipinski definition) is 5. The Labute approximate surface area is 163 Å². The van der Waals surface area contributed by atoms with Crippen LogP contribution in [0.5, 0.6) is 0 Å². The fourth-order valence-electron chi connectivity index (χ4n) is 3.18. The molecule has 10 heteroatoms. The van der Waals surface area contributed by atoms with Crippen molar-refractivity contribution in [1.82, 2.24) is 4.90 Å². The van der Waals surface area contributed by atoms with E-state index in [4.69, 9.17) is 5.73 Å². The molecule has 0 saturated carbocycles. The highest BCUT2D eigenvalue weighted by Gasteiger charge is 2.28. The second-order valence-corrected chi connectivity index (χ2v) is 9.23. The molecular formula is C18H26F3N3O3S. The third-order valence-electron chi connectivity index (χ3n) is 4.90.